The minimum atomic E-state index is -0.0948. The summed E-state index contributed by atoms with van der Waals surface area (Å²) in [5.41, 5.74) is 3.76. The maximum atomic E-state index is 12.6. The summed E-state index contributed by atoms with van der Waals surface area (Å²) in [5.74, 6) is -0.0948. The summed E-state index contributed by atoms with van der Waals surface area (Å²) in [6, 6.07) is 15.5. The Balaban J connectivity index is 1.67. The van der Waals surface area contributed by atoms with Crippen LogP contribution in [-0.2, 0) is 13.0 Å². The first-order valence-electron chi connectivity index (χ1n) is 8.82. The molecule has 0 saturated heterocycles. The highest BCUT2D eigenvalue weighted by molar-refractivity contribution is 6.30. The van der Waals surface area contributed by atoms with Crippen LogP contribution >= 0.6 is 11.6 Å². The molecule has 0 atom stereocenters. The number of hydrogen-bond donors (Lipinski definition) is 1. The lowest BCUT2D eigenvalue weighted by Gasteiger charge is -2.11. The van der Waals surface area contributed by atoms with Gasteiger partial charge in [0.15, 0.2) is 0 Å². The molecule has 0 aliphatic heterocycles. The maximum Gasteiger partial charge on any atom is 0.255 e. The van der Waals surface area contributed by atoms with Crippen molar-refractivity contribution in [3.05, 3.63) is 82.6 Å². The van der Waals surface area contributed by atoms with Crippen molar-refractivity contribution in [3.63, 3.8) is 0 Å². The number of carbonyl (C=O) groups excluding carboxylic acids is 1. The third kappa shape index (κ3) is 4.73. The normalized spacial score (nSPS) is 10.7. The van der Waals surface area contributed by atoms with Crippen LogP contribution in [0, 0.1) is 0 Å². The van der Waals surface area contributed by atoms with E-state index in [1.807, 2.05) is 42.5 Å². The molecule has 1 N–H and O–H groups in total. The molecule has 0 saturated carbocycles. The van der Waals surface area contributed by atoms with Gasteiger partial charge in [0, 0.05) is 17.4 Å². The molecule has 4 nitrogen and oxygen atoms in total. The van der Waals surface area contributed by atoms with E-state index in [1.165, 1.54) is 5.56 Å². The van der Waals surface area contributed by atoms with E-state index in [1.54, 1.807) is 17.1 Å². The number of nitrogens with one attached hydrogen (secondary N) is 1. The summed E-state index contributed by atoms with van der Waals surface area (Å²) >= 11 is 5.88. The summed E-state index contributed by atoms with van der Waals surface area (Å²) in [6.45, 7) is 2.79. The number of amides is 1. The highest BCUT2D eigenvalue weighted by Gasteiger charge is 2.09. The molecule has 0 aliphatic carbocycles. The molecule has 3 aromatic rings. The number of hydrogen-bond acceptors (Lipinski definition) is 2. The molecule has 1 heterocycles. The first kappa shape index (κ1) is 18.2. The highest BCUT2D eigenvalue weighted by atomic mass is 35.5. The van der Waals surface area contributed by atoms with E-state index in [9.17, 15) is 4.79 Å². The van der Waals surface area contributed by atoms with Gasteiger partial charge in [-0.25, -0.2) is 0 Å². The molecular weight excluding hydrogens is 346 g/mol. The van der Waals surface area contributed by atoms with Crippen LogP contribution in [0.5, 0.6) is 0 Å². The van der Waals surface area contributed by atoms with Crippen molar-refractivity contribution in [2.24, 2.45) is 0 Å². The molecule has 1 aromatic heterocycles. The van der Waals surface area contributed by atoms with Gasteiger partial charge in [-0.1, -0.05) is 55.3 Å². The van der Waals surface area contributed by atoms with Gasteiger partial charge in [-0.15, -0.1) is 0 Å². The van der Waals surface area contributed by atoms with E-state index >= 15 is 0 Å². The number of rotatable bonds is 7. The van der Waals surface area contributed by atoms with Gasteiger partial charge in [0.05, 0.1) is 17.8 Å². The van der Waals surface area contributed by atoms with Gasteiger partial charge in [0.2, 0.25) is 0 Å². The molecule has 3 rings (SSSR count). The number of carbonyl (C=O) groups is 1. The van der Waals surface area contributed by atoms with Gasteiger partial charge in [-0.3, -0.25) is 9.48 Å². The fourth-order valence-corrected chi connectivity index (χ4v) is 2.95. The second kappa shape index (κ2) is 8.68. The Bertz CT molecular complexity index is 871. The van der Waals surface area contributed by atoms with E-state index in [0.717, 1.165) is 30.5 Å². The minimum absolute atomic E-state index is 0.0948. The average Bonchev–Trinajstić information content (AvgIpc) is 3.06. The number of aromatic nitrogens is 2. The van der Waals surface area contributed by atoms with E-state index in [-0.39, 0.29) is 5.91 Å². The van der Waals surface area contributed by atoms with Crippen molar-refractivity contribution in [1.82, 2.24) is 9.78 Å². The Morgan fingerprint density at radius 3 is 2.62 bits per heavy atom. The second-order valence-electron chi connectivity index (χ2n) is 6.27. The van der Waals surface area contributed by atoms with E-state index in [4.69, 9.17) is 11.6 Å². The van der Waals surface area contributed by atoms with E-state index in [0.29, 0.717) is 17.1 Å². The Hall–Kier alpha value is -2.59. The molecule has 26 heavy (non-hydrogen) atoms. The zero-order valence-electron chi connectivity index (χ0n) is 14.8. The van der Waals surface area contributed by atoms with Gasteiger partial charge in [-0.05, 0) is 42.2 Å². The summed E-state index contributed by atoms with van der Waals surface area (Å²) in [7, 11) is 0. The molecule has 0 bridgehead atoms. The number of para-hydroxylation sites is 1. The molecular formula is C21H22ClN3O. The summed E-state index contributed by atoms with van der Waals surface area (Å²) < 4.78 is 1.77. The van der Waals surface area contributed by atoms with Crippen molar-refractivity contribution >= 4 is 23.2 Å². The van der Waals surface area contributed by atoms with Crippen molar-refractivity contribution < 1.29 is 4.79 Å². The quantitative estimate of drug-likeness (QED) is 0.625. The third-order valence-corrected chi connectivity index (χ3v) is 4.42. The number of unbranched alkanes of at least 4 members (excludes halogenated alkanes) is 1. The standard InChI is InChI=1S/C21H22ClN3O/c1-2-3-6-17-7-4-5-8-20(17)24-21(26)18-11-9-16(10-12-18)14-25-15-19(22)13-23-25/h4-5,7-13,15H,2-3,6,14H2,1H3,(H,24,26). The number of halogens is 1. The molecule has 5 heteroatoms. The molecule has 1 amide bonds. The van der Waals surface area contributed by atoms with Gasteiger partial charge in [0.1, 0.15) is 0 Å². The SMILES string of the molecule is CCCCc1ccccc1NC(=O)c1ccc(Cn2cc(Cl)cn2)cc1. The zero-order valence-corrected chi connectivity index (χ0v) is 15.5. The Morgan fingerprint density at radius 1 is 1.15 bits per heavy atom. The van der Waals surface area contributed by atoms with E-state index < -0.39 is 0 Å². The molecule has 0 unspecified atom stereocenters. The lowest BCUT2D eigenvalue weighted by molar-refractivity contribution is 0.102. The van der Waals surface area contributed by atoms with Crippen LogP contribution in [-0.4, -0.2) is 15.7 Å². The van der Waals surface area contributed by atoms with Crippen LogP contribution in [0.3, 0.4) is 0 Å². The van der Waals surface area contributed by atoms with Crippen molar-refractivity contribution in [3.8, 4) is 0 Å². The lowest BCUT2D eigenvalue weighted by Crippen LogP contribution is -2.13. The number of aryl methyl sites for hydroxylation is 1. The van der Waals surface area contributed by atoms with Crippen LogP contribution in [0.25, 0.3) is 0 Å². The number of anilines is 1. The second-order valence-corrected chi connectivity index (χ2v) is 6.70. The molecule has 0 aliphatic rings. The predicted octanol–water partition coefficient (Wildman–Crippen LogP) is 5.18. The van der Waals surface area contributed by atoms with Crippen LogP contribution in [0.1, 0.15) is 41.3 Å². The van der Waals surface area contributed by atoms with Crippen LogP contribution in [0.15, 0.2) is 60.9 Å². The Morgan fingerprint density at radius 2 is 1.92 bits per heavy atom. The monoisotopic (exact) mass is 367 g/mol. The Kier molecular flexibility index (Phi) is 6.08. The first-order valence-corrected chi connectivity index (χ1v) is 9.19. The molecule has 0 radical (unpaired) electrons. The fraction of sp³-hybridized carbons (Fsp3) is 0.238. The molecule has 0 fully saturated rings. The minimum Gasteiger partial charge on any atom is -0.322 e. The van der Waals surface area contributed by atoms with Gasteiger partial charge >= 0.3 is 0 Å². The Labute approximate surface area is 158 Å². The summed E-state index contributed by atoms with van der Waals surface area (Å²) in [6.07, 6.45) is 6.59. The average molecular weight is 368 g/mol. The third-order valence-electron chi connectivity index (χ3n) is 4.23. The van der Waals surface area contributed by atoms with Crippen molar-refractivity contribution in [2.45, 2.75) is 32.7 Å². The zero-order chi connectivity index (χ0) is 18.4. The topological polar surface area (TPSA) is 46.9 Å². The van der Waals surface area contributed by atoms with Gasteiger partial charge in [-0.2, -0.15) is 5.10 Å². The highest BCUT2D eigenvalue weighted by Crippen LogP contribution is 2.19. The molecule has 134 valence electrons. The van der Waals surface area contributed by atoms with Gasteiger partial charge in [0.25, 0.3) is 5.91 Å². The smallest absolute Gasteiger partial charge is 0.255 e. The summed E-state index contributed by atoms with van der Waals surface area (Å²) in [4.78, 5) is 12.6. The fourth-order valence-electron chi connectivity index (χ4n) is 2.80. The number of benzene rings is 2. The van der Waals surface area contributed by atoms with Gasteiger partial charge < -0.3 is 5.32 Å². The maximum absolute atomic E-state index is 12.6. The van der Waals surface area contributed by atoms with Crippen molar-refractivity contribution in [2.75, 3.05) is 5.32 Å². The van der Waals surface area contributed by atoms with Crippen molar-refractivity contribution in [1.29, 1.82) is 0 Å². The van der Waals surface area contributed by atoms with Crippen LogP contribution < -0.4 is 5.32 Å². The lowest BCUT2D eigenvalue weighted by atomic mass is 10.1. The first-order chi connectivity index (χ1) is 12.7. The number of nitrogens with zero attached hydrogens (tertiary/aromatic N) is 2. The molecule has 2 aromatic carbocycles. The summed E-state index contributed by atoms with van der Waals surface area (Å²) in [5, 5.41) is 7.81. The van der Waals surface area contributed by atoms with Crippen LogP contribution in [0.4, 0.5) is 5.69 Å². The van der Waals surface area contributed by atoms with Crippen LogP contribution in [0.2, 0.25) is 5.02 Å². The predicted molar refractivity (Wildman–Crippen MR) is 106 cm³/mol. The largest absolute Gasteiger partial charge is 0.322 e. The van der Waals surface area contributed by atoms with E-state index in [2.05, 4.69) is 23.4 Å². The molecule has 0 spiro atoms.